The highest BCUT2D eigenvalue weighted by Crippen LogP contribution is 2.44. The van der Waals surface area contributed by atoms with Crippen molar-refractivity contribution in [1.29, 1.82) is 0 Å². The molecule has 2 N–H and O–H groups in total. The van der Waals surface area contributed by atoms with Crippen LogP contribution in [-0.4, -0.2) is 44.5 Å². The average Bonchev–Trinajstić information content (AvgIpc) is 3.28. The molecule has 1 saturated heterocycles. The molecule has 1 aliphatic carbocycles. The van der Waals surface area contributed by atoms with Crippen LogP contribution in [0.4, 0.5) is 0 Å². The van der Waals surface area contributed by atoms with Crippen molar-refractivity contribution in [1.82, 2.24) is 10.4 Å². The molecule has 2 amide bonds. The summed E-state index contributed by atoms with van der Waals surface area (Å²) in [6.07, 6.45) is 3.65. The third-order valence-corrected chi connectivity index (χ3v) is 5.51. The van der Waals surface area contributed by atoms with Crippen molar-refractivity contribution in [2.75, 3.05) is 0 Å². The Hall–Kier alpha value is -1.54. The number of aliphatic carboxylic acids is 1. The van der Waals surface area contributed by atoms with Crippen LogP contribution in [0.2, 0.25) is 0 Å². The number of hydroxylamine groups is 1. The molecule has 3 aliphatic rings. The largest absolute Gasteiger partial charge is 0.477 e. The molecule has 4 atom stereocenters. The second-order valence-corrected chi connectivity index (χ2v) is 7.40. The number of fused-ring (bicyclic) bond motifs is 1. The monoisotopic (exact) mass is 326 g/mol. The number of nitrogens with zero attached hydrogens (tertiary/aromatic N) is 1. The van der Waals surface area contributed by atoms with E-state index in [1.807, 2.05) is 13.8 Å². The Balaban J connectivity index is 1.64. The summed E-state index contributed by atoms with van der Waals surface area (Å²) in [6, 6.07) is 0. The highest BCUT2D eigenvalue weighted by molar-refractivity contribution is 8.00. The summed E-state index contributed by atoms with van der Waals surface area (Å²) in [4.78, 5) is 42.0. The fraction of sp³-hybridized carbons (Fsp3) is 0.643. The van der Waals surface area contributed by atoms with Crippen LogP contribution in [0.1, 0.15) is 26.7 Å². The van der Waals surface area contributed by atoms with Crippen LogP contribution in [-0.2, 0) is 19.2 Å². The predicted molar refractivity (Wildman–Crippen MR) is 78.3 cm³/mol. The van der Waals surface area contributed by atoms with E-state index in [1.54, 1.807) is 0 Å². The Labute approximate surface area is 132 Å². The van der Waals surface area contributed by atoms with Gasteiger partial charge in [0, 0.05) is 5.25 Å². The number of rotatable bonds is 5. The SMILES string of the molecule is CC1C=C(C(=O)O)N2C(=O)C(C(=O)NOC(C)C3CC3)C2S1. The number of carbonyl (C=O) groups excluding carboxylic acids is 2. The van der Waals surface area contributed by atoms with Gasteiger partial charge in [-0.1, -0.05) is 0 Å². The number of hydrogen-bond acceptors (Lipinski definition) is 5. The molecule has 8 heteroatoms. The first kappa shape index (κ1) is 15.4. The molecule has 1 saturated carbocycles. The number of nitrogens with one attached hydrogen (secondary N) is 1. The van der Waals surface area contributed by atoms with Gasteiger partial charge in [-0.05, 0) is 38.7 Å². The van der Waals surface area contributed by atoms with E-state index in [2.05, 4.69) is 5.48 Å². The van der Waals surface area contributed by atoms with Crippen LogP contribution >= 0.6 is 11.8 Å². The molecule has 3 rings (SSSR count). The standard InChI is InChI=1S/C14H18N2O5S/c1-6-5-9(14(19)20)16-12(18)10(13(16)22-6)11(17)15-21-7(2)8-3-4-8/h5-8,10,13H,3-4H2,1-2H3,(H,15,17)(H,19,20). The maximum absolute atomic E-state index is 12.2. The zero-order chi connectivity index (χ0) is 16.0. The Morgan fingerprint density at radius 1 is 1.50 bits per heavy atom. The lowest BCUT2D eigenvalue weighted by molar-refractivity contribution is -0.164. The highest BCUT2D eigenvalue weighted by Gasteiger charge is 2.56. The molecule has 2 fully saturated rings. The molecule has 0 aromatic rings. The molecular weight excluding hydrogens is 308 g/mol. The number of amides is 2. The molecule has 2 heterocycles. The van der Waals surface area contributed by atoms with Gasteiger partial charge in [-0.25, -0.2) is 10.3 Å². The molecule has 0 spiro atoms. The van der Waals surface area contributed by atoms with Crippen molar-refractivity contribution < 1.29 is 24.3 Å². The van der Waals surface area contributed by atoms with Gasteiger partial charge in [0.1, 0.15) is 17.0 Å². The third kappa shape index (κ3) is 2.61. The van der Waals surface area contributed by atoms with E-state index >= 15 is 0 Å². The summed E-state index contributed by atoms with van der Waals surface area (Å²) in [6.45, 7) is 3.73. The van der Waals surface area contributed by atoms with Crippen molar-refractivity contribution in [3.63, 3.8) is 0 Å². The van der Waals surface area contributed by atoms with E-state index < -0.39 is 29.1 Å². The van der Waals surface area contributed by atoms with E-state index in [0.29, 0.717) is 5.92 Å². The number of carboxylic acid groups (broad SMARTS) is 1. The minimum Gasteiger partial charge on any atom is -0.477 e. The van der Waals surface area contributed by atoms with Gasteiger partial charge < -0.3 is 5.11 Å². The zero-order valence-corrected chi connectivity index (χ0v) is 13.1. The second-order valence-electron chi connectivity index (χ2n) is 5.90. The van der Waals surface area contributed by atoms with E-state index in [9.17, 15) is 14.4 Å². The van der Waals surface area contributed by atoms with E-state index in [-0.39, 0.29) is 17.1 Å². The van der Waals surface area contributed by atoms with E-state index in [1.165, 1.54) is 22.7 Å². The van der Waals surface area contributed by atoms with Crippen molar-refractivity contribution in [2.24, 2.45) is 11.8 Å². The van der Waals surface area contributed by atoms with Gasteiger partial charge in [0.05, 0.1) is 6.10 Å². The normalized spacial score (nSPS) is 31.7. The first-order chi connectivity index (χ1) is 10.4. The van der Waals surface area contributed by atoms with Gasteiger partial charge in [-0.2, -0.15) is 0 Å². The summed E-state index contributed by atoms with van der Waals surface area (Å²) in [7, 11) is 0. The maximum Gasteiger partial charge on any atom is 0.352 e. The summed E-state index contributed by atoms with van der Waals surface area (Å²) < 4.78 is 0. The van der Waals surface area contributed by atoms with Gasteiger partial charge in [-0.3, -0.25) is 19.3 Å². The van der Waals surface area contributed by atoms with Crippen LogP contribution in [0, 0.1) is 11.8 Å². The lowest BCUT2D eigenvalue weighted by atomic mass is 9.95. The molecule has 120 valence electrons. The summed E-state index contributed by atoms with van der Waals surface area (Å²) >= 11 is 1.40. The summed E-state index contributed by atoms with van der Waals surface area (Å²) in [5.41, 5.74) is 2.32. The number of carbonyl (C=O) groups is 3. The topological polar surface area (TPSA) is 95.9 Å². The van der Waals surface area contributed by atoms with Gasteiger partial charge in [0.25, 0.3) is 5.91 Å². The maximum atomic E-state index is 12.2. The quantitative estimate of drug-likeness (QED) is 0.439. The van der Waals surface area contributed by atoms with E-state index in [4.69, 9.17) is 9.94 Å². The van der Waals surface area contributed by atoms with Gasteiger partial charge in [0.15, 0.2) is 0 Å². The third-order valence-electron chi connectivity index (χ3n) is 4.18. The Morgan fingerprint density at radius 3 is 2.77 bits per heavy atom. The smallest absolute Gasteiger partial charge is 0.352 e. The Bertz CT molecular complexity index is 559. The van der Waals surface area contributed by atoms with Crippen LogP contribution in [0.5, 0.6) is 0 Å². The fourth-order valence-electron chi connectivity index (χ4n) is 2.71. The minimum absolute atomic E-state index is 0.0439. The minimum atomic E-state index is -1.15. The summed E-state index contributed by atoms with van der Waals surface area (Å²) in [5, 5.41) is 8.63. The molecule has 0 radical (unpaired) electrons. The van der Waals surface area contributed by atoms with Crippen molar-refractivity contribution in [2.45, 2.75) is 43.4 Å². The number of carboxylic acids is 1. The number of β-lactam (4-membered cyclic amide) rings is 1. The van der Waals surface area contributed by atoms with Crippen molar-refractivity contribution >= 4 is 29.5 Å². The van der Waals surface area contributed by atoms with Crippen LogP contribution in [0.3, 0.4) is 0 Å². The molecule has 0 aromatic heterocycles. The van der Waals surface area contributed by atoms with Gasteiger partial charge >= 0.3 is 5.97 Å². The number of hydrogen-bond donors (Lipinski definition) is 2. The second kappa shape index (κ2) is 5.58. The molecule has 2 aliphatic heterocycles. The molecule has 0 bridgehead atoms. The Kier molecular flexibility index (Phi) is 3.90. The lowest BCUT2D eigenvalue weighted by Crippen LogP contribution is -2.65. The van der Waals surface area contributed by atoms with Crippen LogP contribution in [0.25, 0.3) is 0 Å². The van der Waals surface area contributed by atoms with E-state index in [0.717, 1.165) is 12.8 Å². The predicted octanol–water partition coefficient (Wildman–Crippen LogP) is 0.721. The first-order valence-corrected chi connectivity index (χ1v) is 8.23. The molecule has 0 aromatic carbocycles. The molecule has 22 heavy (non-hydrogen) atoms. The average molecular weight is 326 g/mol. The van der Waals surface area contributed by atoms with Gasteiger partial charge in [-0.15, -0.1) is 11.8 Å². The molecule has 4 unspecified atom stereocenters. The Morgan fingerprint density at radius 2 is 2.18 bits per heavy atom. The summed E-state index contributed by atoms with van der Waals surface area (Å²) in [5.74, 6) is -2.55. The van der Waals surface area contributed by atoms with Gasteiger partial charge in [0.2, 0.25) is 5.91 Å². The number of thioether (sulfide) groups is 1. The molecular formula is C14H18N2O5S. The lowest BCUT2D eigenvalue weighted by Gasteiger charge is -2.48. The van der Waals surface area contributed by atoms with Crippen molar-refractivity contribution in [3.05, 3.63) is 11.8 Å². The van der Waals surface area contributed by atoms with Crippen LogP contribution in [0.15, 0.2) is 11.8 Å². The van der Waals surface area contributed by atoms with Crippen LogP contribution < -0.4 is 5.48 Å². The first-order valence-electron chi connectivity index (χ1n) is 7.29. The zero-order valence-electron chi connectivity index (χ0n) is 12.3. The van der Waals surface area contributed by atoms with Crippen molar-refractivity contribution in [3.8, 4) is 0 Å². The highest BCUT2D eigenvalue weighted by atomic mass is 32.2. The molecule has 7 nitrogen and oxygen atoms in total. The fourth-order valence-corrected chi connectivity index (χ4v) is 4.10.